The van der Waals surface area contributed by atoms with E-state index < -0.39 is 5.82 Å². The molecule has 4 aromatic rings. The molecular weight excluding hydrogens is 447 g/mol. The second kappa shape index (κ2) is 9.58. The molecule has 35 heavy (non-hydrogen) atoms. The highest BCUT2D eigenvalue weighted by Crippen LogP contribution is 2.34. The van der Waals surface area contributed by atoms with E-state index in [1.807, 2.05) is 27.8 Å². The predicted molar refractivity (Wildman–Crippen MR) is 131 cm³/mol. The van der Waals surface area contributed by atoms with Crippen LogP contribution in [0.4, 0.5) is 4.39 Å². The molecule has 0 radical (unpaired) electrons. The smallest absolute Gasteiger partial charge is 0.246 e. The Balaban J connectivity index is 1.45. The van der Waals surface area contributed by atoms with Crippen LogP contribution in [0.15, 0.2) is 73.6 Å². The number of rotatable bonds is 6. The van der Waals surface area contributed by atoms with Gasteiger partial charge >= 0.3 is 0 Å². The van der Waals surface area contributed by atoms with Crippen LogP contribution in [0.25, 0.3) is 22.2 Å². The Morgan fingerprint density at radius 3 is 2.74 bits per heavy atom. The van der Waals surface area contributed by atoms with E-state index in [1.165, 1.54) is 13.2 Å². The number of likely N-dealkylation sites (tertiary alicyclic amines) is 1. The van der Waals surface area contributed by atoms with Crippen molar-refractivity contribution in [3.8, 4) is 28.5 Å². The molecule has 1 aliphatic rings. The van der Waals surface area contributed by atoms with Gasteiger partial charge in [0.25, 0.3) is 0 Å². The molecule has 5 rings (SSSR count). The van der Waals surface area contributed by atoms with E-state index in [1.54, 1.807) is 42.7 Å². The van der Waals surface area contributed by atoms with Gasteiger partial charge < -0.3 is 14.4 Å². The first-order valence-corrected chi connectivity index (χ1v) is 11.4. The number of amides is 1. The minimum atomic E-state index is -0.550. The average molecular weight is 473 g/mol. The van der Waals surface area contributed by atoms with E-state index >= 15 is 0 Å². The molecule has 2 aromatic carbocycles. The lowest BCUT2D eigenvalue weighted by Crippen LogP contribution is -2.40. The molecule has 1 amide bonds. The third-order valence-electron chi connectivity index (χ3n) is 6.24. The van der Waals surface area contributed by atoms with Crippen LogP contribution in [0.1, 0.15) is 18.9 Å². The Morgan fingerprint density at radius 1 is 1.17 bits per heavy atom. The summed E-state index contributed by atoms with van der Waals surface area (Å²) in [5.74, 6) is 0.0998. The molecule has 1 aliphatic heterocycles. The van der Waals surface area contributed by atoms with Crippen LogP contribution in [-0.4, -0.2) is 45.8 Å². The van der Waals surface area contributed by atoms with Crippen LogP contribution in [0, 0.1) is 5.82 Å². The Morgan fingerprint density at radius 2 is 1.97 bits per heavy atom. The van der Waals surface area contributed by atoms with Crippen molar-refractivity contribution in [2.45, 2.75) is 18.9 Å². The molecular formula is C27H25FN4O3. The maximum absolute atomic E-state index is 14.5. The number of nitrogens with zero attached hydrogens (tertiary/aromatic N) is 4. The number of aromatic nitrogens is 3. The van der Waals surface area contributed by atoms with E-state index in [2.05, 4.69) is 11.6 Å². The van der Waals surface area contributed by atoms with Gasteiger partial charge in [0, 0.05) is 36.4 Å². The number of halogens is 1. The van der Waals surface area contributed by atoms with Crippen molar-refractivity contribution in [3.05, 3.63) is 79.4 Å². The number of ether oxygens (including phenoxy) is 2. The lowest BCUT2D eigenvalue weighted by atomic mass is 10.1. The fraction of sp³-hybridized carbons (Fsp3) is 0.222. The molecule has 8 heteroatoms. The highest BCUT2D eigenvalue weighted by Gasteiger charge is 2.26. The molecule has 3 heterocycles. The summed E-state index contributed by atoms with van der Waals surface area (Å²) in [4.78, 5) is 18.3. The molecule has 0 aliphatic carbocycles. The summed E-state index contributed by atoms with van der Waals surface area (Å²) >= 11 is 0. The highest BCUT2D eigenvalue weighted by atomic mass is 19.1. The maximum atomic E-state index is 14.5. The predicted octanol–water partition coefficient (Wildman–Crippen LogP) is 5.39. The molecule has 0 saturated carbocycles. The van der Waals surface area contributed by atoms with Crippen LogP contribution >= 0.6 is 0 Å². The van der Waals surface area contributed by atoms with E-state index in [4.69, 9.17) is 14.6 Å². The summed E-state index contributed by atoms with van der Waals surface area (Å²) in [7, 11) is 1.41. The number of fused-ring (bicyclic) bond motifs is 1. The monoisotopic (exact) mass is 472 g/mol. The molecule has 1 atom stereocenters. The molecule has 7 nitrogen and oxygen atoms in total. The summed E-state index contributed by atoms with van der Waals surface area (Å²) < 4.78 is 27.2. The number of hydrogen-bond donors (Lipinski definition) is 0. The van der Waals surface area contributed by atoms with Gasteiger partial charge in [0.1, 0.15) is 11.4 Å². The minimum absolute atomic E-state index is 0.0592. The zero-order chi connectivity index (χ0) is 24.4. The SMILES string of the molecule is C=CC(=O)N1CCC[C@@H](n2nc(-c3ccc(Oc4cccc(OC)c4F)cc3)c3cnccc32)C1. The summed E-state index contributed by atoms with van der Waals surface area (Å²) in [6.45, 7) is 4.93. The molecule has 178 valence electrons. The van der Waals surface area contributed by atoms with Crippen LogP contribution in [0.3, 0.4) is 0 Å². The molecule has 2 aromatic heterocycles. The van der Waals surface area contributed by atoms with Crippen LogP contribution in [0.2, 0.25) is 0 Å². The fourth-order valence-electron chi connectivity index (χ4n) is 4.49. The van der Waals surface area contributed by atoms with Gasteiger partial charge in [0.15, 0.2) is 11.5 Å². The largest absolute Gasteiger partial charge is 0.494 e. The van der Waals surface area contributed by atoms with Gasteiger partial charge in [0.2, 0.25) is 11.7 Å². The number of methoxy groups -OCH3 is 1. The Bertz CT molecular complexity index is 1380. The van der Waals surface area contributed by atoms with Crippen LogP contribution in [-0.2, 0) is 4.79 Å². The first kappa shape index (κ1) is 22.6. The number of pyridine rings is 1. The lowest BCUT2D eigenvalue weighted by Gasteiger charge is -2.32. The lowest BCUT2D eigenvalue weighted by molar-refractivity contribution is -0.127. The highest BCUT2D eigenvalue weighted by molar-refractivity contribution is 5.93. The summed E-state index contributed by atoms with van der Waals surface area (Å²) in [6.07, 6.45) is 6.75. The average Bonchev–Trinajstić information content (AvgIpc) is 3.30. The fourth-order valence-corrected chi connectivity index (χ4v) is 4.49. The Hall–Kier alpha value is -4.20. The first-order valence-electron chi connectivity index (χ1n) is 11.4. The van der Waals surface area contributed by atoms with E-state index in [9.17, 15) is 9.18 Å². The molecule has 0 spiro atoms. The van der Waals surface area contributed by atoms with Crippen molar-refractivity contribution in [2.75, 3.05) is 20.2 Å². The topological polar surface area (TPSA) is 69.5 Å². The van der Waals surface area contributed by atoms with Crippen LogP contribution in [0.5, 0.6) is 17.2 Å². The second-order valence-electron chi connectivity index (χ2n) is 8.37. The third kappa shape index (κ3) is 4.35. The van der Waals surface area contributed by atoms with Crippen LogP contribution < -0.4 is 9.47 Å². The maximum Gasteiger partial charge on any atom is 0.246 e. The number of carbonyl (C=O) groups is 1. The minimum Gasteiger partial charge on any atom is -0.494 e. The van der Waals surface area contributed by atoms with Gasteiger partial charge in [-0.15, -0.1) is 0 Å². The van der Waals surface area contributed by atoms with Crippen molar-refractivity contribution < 1.29 is 18.7 Å². The van der Waals surface area contributed by atoms with Gasteiger partial charge in [-0.2, -0.15) is 9.49 Å². The second-order valence-corrected chi connectivity index (χ2v) is 8.37. The standard InChI is InChI=1S/C27H25FN4O3/c1-3-25(33)31-15-5-6-19(17-31)32-22-13-14-29-16-21(22)27(30-32)18-9-11-20(12-10-18)35-24-8-4-7-23(34-2)26(24)28/h3-4,7-14,16,19H,1,5-6,15,17H2,2H3/t19-/m1/s1. The quantitative estimate of drug-likeness (QED) is 0.352. The first-order chi connectivity index (χ1) is 17.1. The third-order valence-corrected chi connectivity index (χ3v) is 6.24. The molecule has 0 unspecified atom stereocenters. The van der Waals surface area contributed by atoms with Crippen molar-refractivity contribution in [1.29, 1.82) is 0 Å². The summed E-state index contributed by atoms with van der Waals surface area (Å²) in [5.41, 5.74) is 2.64. The van der Waals surface area contributed by atoms with E-state index in [-0.39, 0.29) is 23.4 Å². The normalized spacial score (nSPS) is 15.7. The van der Waals surface area contributed by atoms with E-state index in [0.717, 1.165) is 41.5 Å². The van der Waals surface area contributed by atoms with Gasteiger partial charge in [0.05, 0.1) is 18.7 Å². The number of carbonyl (C=O) groups excluding carboxylic acids is 1. The van der Waals surface area contributed by atoms with Gasteiger partial charge in [-0.05, 0) is 61.4 Å². The van der Waals surface area contributed by atoms with E-state index in [0.29, 0.717) is 12.3 Å². The van der Waals surface area contributed by atoms with Crippen molar-refractivity contribution in [3.63, 3.8) is 0 Å². The van der Waals surface area contributed by atoms with Crippen molar-refractivity contribution in [2.24, 2.45) is 0 Å². The van der Waals surface area contributed by atoms with Crippen molar-refractivity contribution in [1.82, 2.24) is 19.7 Å². The molecule has 0 N–H and O–H groups in total. The summed E-state index contributed by atoms with van der Waals surface area (Å²) in [6, 6.07) is 14.1. The number of hydrogen-bond acceptors (Lipinski definition) is 5. The van der Waals surface area contributed by atoms with Crippen molar-refractivity contribution >= 4 is 16.8 Å². The van der Waals surface area contributed by atoms with Gasteiger partial charge in [-0.1, -0.05) is 12.6 Å². The van der Waals surface area contributed by atoms with Gasteiger partial charge in [-0.3, -0.25) is 14.5 Å². The Kier molecular flexibility index (Phi) is 6.18. The summed E-state index contributed by atoms with van der Waals surface area (Å²) in [5, 5.41) is 5.87. The number of piperidine rings is 1. The zero-order valence-electron chi connectivity index (χ0n) is 19.4. The zero-order valence-corrected chi connectivity index (χ0v) is 19.4. The molecule has 1 saturated heterocycles. The molecule has 0 bridgehead atoms. The molecule has 1 fully saturated rings. The number of benzene rings is 2. The Labute approximate surface area is 202 Å². The van der Waals surface area contributed by atoms with Gasteiger partial charge in [-0.25, -0.2) is 0 Å².